The number of anilines is 1. The van der Waals surface area contributed by atoms with Gasteiger partial charge in [0, 0.05) is 16.3 Å². The second-order valence-electron chi connectivity index (χ2n) is 6.14. The zero-order valence-electron chi connectivity index (χ0n) is 14.8. The third-order valence-corrected chi connectivity index (χ3v) is 4.30. The number of amides is 1. The van der Waals surface area contributed by atoms with Crippen LogP contribution in [0.5, 0.6) is 0 Å². The molecule has 0 spiro atoms. The average molecular weight is 436 g/mol. The molecule has 4 rings (SSSR count). The van der Waals surface area contributed by atoms with Gasteiger partial charge in [0.15, 0.2) is 5.69 Å². The van der Waals surface area contributed by atoms with Gasteiger partial charge in [-0.1, -0.05) is 11.6 Å². The maximum absolute atomic E-state index is 13.6. The molecule has 0 unspecified atom stereocenters. The highest BCUT2D eigenvalue weighted by molar-refractivity contribution is 6.30. The van der Waals surface area contributed by atoms with Gasteiger partial charge in [-0.15, -0.1) is 5.10 Å². The maximum atomic E-state index is 13.6. The molecule has 1 N–H and O–H groups in total. The lowest BCUT2D eigenvalue weighted by Crippen LogP contribution is -2.16. The van der Waals surface area contributed by atoms with Crippen LogP contribution in [0.15, 0.2) is 54.6 Å². The molecule has 6 nitrogen and oxygen atoms in total. The van der Waals surface area contributed by atoms with Crippen LogP contribution in [0, 0.1) is 5.82 Å². The smallest absolute Gasteiger partial charge is 0.319 e. The summed E-state index contributed by atoms with van der Waals surface area (Å²) in [5, 5.41) is 6.59. The largest absolute Gasteiger partial charge is 0.433 e. The van der Waals surface area contributed by atoms with E-state index in [0.29, 0.717) is 15.2 Å². The van der Waals surface area contributed by atoms with E-state index in [1.54, 1.807) is 0 Å². The van der Waals surface area contributed by atoms with E-state index in [2.05, 4.69) is 20.4 Å². The number of nitrogens with one attached hydrogen (secondary N) is 1. The summed E-state index contributed by atoms with van der Waals surface area (Å²) in [7, 11) is 0. The number of hydrogen-bond acceptors (Lipinski definition) is 4. The van der Waals surface area contributed by atoms with E-state index in [1.807, 2.05) is 0 Å². The number of carbonyl (C=O) groups excluding carboxylic acids is 1. The molecule has 2 aromatic heterocycles. The minimum absolute atomic E-state index is 0.0908. The molecule has 0 saturated heterocycles. The highest BCUT2D eigenvalue weighted by Gasteiger charge is 2.36. The summed E-state index contributed by atoms with van der Waals surface area (Å²) in [6.45, 7) is 0. The number of benzene rings is 2. The van der Waals surface area contributed by atoms with Crippen molar-refractivity contribution in [1.29, 1.82) is 0 Å². The Labute approximate surface area is 171 Å². The molecule has 0 fully saturated rings. The minimum atomic E-state index is -4.80. The van der Waals surface area contributed by atoms with Gasteiger partial charge in [-0.05, 0) is 54.6 Å². The second kappa shape index (κ2) is 7.38. The molecule has 4 aromatic rings. The van der Waals surface area contributed by atoms with Crippen LogP contribution < -0.4 is 5.32 Å². The molecule has 0 atom stereocenters. The van der Waals surface area contributed by atoms with Gasteiger partial charge in [0.25, 0.3) is 11.7 Å². The van der Waals surface area contributed by atoms with Crippen molar-refractivity contribution < 1.29 is 22.4 Å². The molecule has 152 valence electrons. The first kappa shape index (κ1) is 19.8. The van der Waals surface area contributed by atoms with Crippen LogP contribution in [0.2, 0.25) is 5.02 Å². The summed E-state index contributed by atoms with van der Waals surface area (Å²) in [6.07, 6.45) is -4.80. The minimum Gasteiger partial charge on any atom is -0.319 e. The first-order valence-electron chi connectivity index (χ1n) is 8.38. The van der Waals surface area contributed by atoms with Gasteiger partial charge in [-0.2, -0.15) is 22.7 Å². The maximum Gasteiger partial charge on any atom is 0.433 e. The summed E-state index contributed by atoms with van der Waals surface area (Å²) in [4.78, 5) is 20.3. The van der Waals surface area contributed by atoms with Crippen LogP contribution in [0.1, 0.15) is 16.3 Å². The Morgan fingerprint density at radius 2 is 1.67 bits per heavy atom. The summed E-state index contributed by atoms with van der Waals surface area (Å²) >= 11 is 5.78. The monoisotopic (exact) mass is 435 g/mol. The van der Waals surface area contributed by atoms with E-state index >= 15 is 0 Å². The van der Waals surface area contributed by atoms with Crippen LogP contribution in [0.25, 0.3) is 17.0 Å². The van der Waals surface area contributed by atoms with E-state index < -0.39 is 35.2 Å². The summed E-state index contributed by atoms with van der Waals surface area (Å²) in [5.41, 5.74) is -0.657. The average Bonchev–Trinajstić information content (AvgIpc) is 3.13. The van der Waals surface area contributed by atoms with Gasteiger partial charge < -0.3 is 5.32 Å². The SMILES string of the molecule is O=C(Nc1ccc(Cl)cc1)c1nc2nc(-c3ccc(F)cc3)cc(C(F)(F)F)n2n1. The predicted octanol–water partition coefficient (Wildman–Crippen LogP) is 4.85. The van der Waals surface area contributed by atoms with Gasteiger partial charge in [-0.25, -0.2) is 9.37 Å². The molecule has 0 bridgehead atoms. The normalized spacial score (nSPS) is 11.6. The van der Waals surface area contributed by atoms with Crippen molar-refractivity contribution in [1.82, 2.24) is 19.6 Å². The number of rotatable bonds is 3. The third-order valence-electron chi connectivity index (χ3n) is 4.05. The van der Waals surface area contributed by atoms with Gasteiger partial charge >= 0.3 is 6.18 Å². The number of halogens is 5. The fraction of sp³-hybridized carbons (Fsp3) is 0.0526. The predicted molar refractivity (Wildman–Crippen MR) is 101 cm³/mol. The molecule has 1 amide bonds. The molecular formula is C19H10ClF4N5O. The molecule has 0 radical (unpaired) electrons. The molecule has 30 heavy (non-hydrogen) atoms. The molecule has 11 heteroatoms. The fourth-order valence-electron chi connectivity index (χ4n) is 2.66. The Balaban J connectivity index is 1.77. The van der Waals surface area contributed by atoms with Gasteiger partial charge in [0.05, 0.1) is 5.69 Å². The van der Waals surface area contributed by atoms with Gasteiger partial charge in [0.2, 0.25) is 5.82 Å². The van der Waals surface area contributed by atoms with Crippen molar-refractivity contribution in [3.8, 4) is 11.3 Å². The molecule has 2 aromatic carbocycles. The van der Waals surface area contributed by atoms with Crippen LogP contribution in [0.3, 0.4) is 0 Å². The van der Waals surface area contributed by atoms with Crippen LogP contribution in [0.4, 0.5) is 23.2 Å². The number of fused-ring (bicyclic) bond motifs is 1. The van der Waals surface area contributed by atoms with Crippen molar-refractivity contribution in [3.63, 3.8) is 0 Å². The Hall–Kier alpha value is -3.53. The van der Waals surface area contributed by atoms with Crippen molar-refractivity contribution in [2.75, 3.05) is 5.32 Å². The molecule has 0 aliphatic rings. The van der Waals surface area contributed by atoms with Gasteiger partial charge in [-0.3, -0.25) is 4.79 Å². The Bertz CT molecular complexity index is 1240. The number of hydrogen-bond donors (Lipinski definition) is 1. The lowest BCUT2D eigenvalue weighted by Gasteiger charge is -2.10. The molecule has 0 aliphatic carbocycles. The second-order valence-corrected chi connectivity index (χ2v) is 6.58. The molecule has 2 heterocycles. The summed E-state index contributed by atoms with van der Waals surface area (Å²) in [6, 6.07) is 11.6. The van der Waals surface area contributed by atoms with E-state index in [4.69, 9.17) is 11.6 Å². The lowest BCUT2D eigenvalue weighted by molar-refractivity contribution is -0.142. The number of alkyl halides is 3. The van der Waals surface area contributed by atoms with E-state index in [0.717, 1.165) is 18.2 Å². The highest BCUT2D eigenvalue weighted by atomic mass is 35.5. The number of aromatic nitrogens is 4. The van der Waals surface area contributed by atoms with Crippen molar-refractivity contribution in [2.24, 2.45) is 0 Å². The topological polar surface area (TPSA) is 72.2 Å². The first-order chi connectivity index (χ1) is 14.2. The highest BCUT2D eigenvalue weighted by Crippen LogP contribution is 2.32. The Morgan fingerprint density at radius 3 is 2.30 bits per heavy atom. The van der Waals surface area contributed by atoms with E-state index in [9.17, 15) is 22.4 Å². The quantitative estimate of drug-likeness (QED) is 0.467. The fourth-order valence-corrected chi connectivity index (χ4v) is 2.78. The van der Waals surface area contributed by atoms with Crippen LogP contribution in [-0.2, 0) is 6.18 Å². The zero-order chi connectivity index (χ0) is 21.5. The van der Waals surface area contributed by atoms with Crippen molar-refractivity contribution >= 4 is 29.0 Å². The van der Waals surface area contributed by atoms with Crippen LogP contribution >= 0.6 is 11.6 Å². The molecule has 0 saturated carbocycles. The Morgan fingerprint density at radius 1 is 1.00 bits per heavy atom. The number of carbonyl (C=O) groups is 1. The zero-order valence-corrected chi connectivity index (χ0v) is 15.5. The summed E-state index contributed by atoms with van der Waals surface area (Å²) in [5.74, 6) is -2.29. The van der Waals surface area contributed by atoms with Crippen molar-refractivity contribution in [2.45, 2.75) is 6.18 Å². The van der Waals surface area contributed by atoms with Crippen molar-refractivity contribution in [3.05, 3.63) is 77.0 Å². The van der Waals surface area contributed by atoms with Gasteiger partial charge in [0.1, 0.15) is 5.82 Å². The Kier molecular flexibility index (Phi) is 4.86. The lowest BCUT2D eigenvalue weighted by atomic mass is 10.1. The van der Waals surface area contributed by atoms with Crippen LogP contribution in [-0.4, -0.2) is 25.5 Å². The molecular weight excluding hydrogens is 426 g/mol. The standard InChI is InChI=1S/C19H10ClF4N5O/c20-11-3-7-13(8-4-11)25-17(30)16-27-18-26-14(10-1-5-12(21)6-2-10)9-15(19(22,23)24)29(18)28-16/h1-9H,(H,25,30). The number of nitrogens with zero attached hydrogens (tertiary/aromatic N) is 4. The summed E-state index contributed by atoms with van der Waals surface area (Å²) < 4.78 is 54.3. The molecule has 0 aliphatic heterocycles. The van der Waals surface area contributed by atoms with E-state index in [-0.39, 0.29) is 11.3 Å². The third kappa shape index (κ3) is 3.94. The van der Waals surface area contributed by atoms with E-state index in [1.165, 1.54) is 36.4 Å². The first-order valence-corrected chi connectivity index (χ1v) is 8.76.